The molecule has 2 N–H and O–H groups in total. The lowest BCUT2D eigenvalue weighted by molar-refractivity contribution is -0.137. The van der Waals surface area contributed by atoms with Gasteiger partial charge in [-0.25, -0.2) is 4.39 Å². The van der Waals surface area contributed by atoms with Gasteiger partial charge in [0.15, 0.2) is 0 Å². The molecule has 0 aromatic heterocycles. The third kappa shape index (κ3) is 3.40. The maximum Gasteiger partial charge on any atom is 0.305 e. The topological polar surface area (TPSA) is 49.3 Å². The quantitative estimate of drug-likeness (QED) is 0.838. The monoisotopic (exact) mass is 231 g/mol. The predicted molar refractivity (Wildman–Crippen MR) is 56.7 cm³/mol. The fourth-order valence-electron chi connectivity index (χ4n) is 1.20. The van der Waals surface area contributed by atoms with Crippen molar-refractivity contribution >= 4 is 23.3 Å². The highest BCUT2D eigenvalue weighted by Crippen LogP contribution is 2.25. The smallest absolute Gasteiger partial charge is 0.305 e. The molecule has 0 amide bonds. The number of carbonyl (C=O) groups is 1. The second kappa shape index (κ2) is 4.98. The van der Waals surface area contributed by atoms with Crippen molar-refractivity contribution in [3.8, 4) is 0 Å². The van der Waals surface area contributed by atoms with E-state index >= 15 is 0 Å². The van der Waals surface area contributed by atoms with E-state index in [4.69, 9.17) is 16.7 Å². The zero-order valence-electron chi connectivity index (χ0n) is 8.13. The molecule has 1 rings (SSSR count). The molecule has 0 radical (unpaired) electrons. The lowest BCUT2D eigenvalue weighted by atomic mass is 10.2. The van der Waals surface area contributed by atoms with Crippen LogP contribution in [0.15, 0.2) is 18.2 Å². The Kier molecular flexibility index (Phi) is 3.91. The van der Waals surface area contributed by atoms with E-state index in [9.17, 15) is 9.18 Å². The number of hydrogen-bond donors (Lipinski definition) is 2. The molecule has 15 heavy (non-hydrogen) atoms. The molecule has 1 aromatic carbocycles. The number of hydrogen-bond acceptors (Lipinski definition) is 2. The third-order valence-corrected chi connectivity index (χ3v) is 2.15. The van der Waals surface area contributed by atoms with Crippen molar-refractivity contribution in [2.24, 2.45) is 0 Å². The Bertz CT molecular complexity index is 350. The van der Waals surface area contributed by atoms with Crippen LogP contribution < -0.4 is 5.32 Å². The molecule has 82 valence electrons. The summed E-state index contributed by atoms with van der Waals surface area (Å²) in [7, 11) is 0. The lowest BCUT2D eigenvalue weighted by Gasteiger charge is -2.14. The molecule has 1 unspecified atom stereocenters. The first-order chi connectivity index (χ1) is 7.00. The van der Waals surface area contributed by atoms with E-state index in [1.807, 2.05) is 0 Å². The number of aliphatic carboxylic acids is 1. The molecule has 0 aliphatic carbocycles. The van der Waals surface area contributed by atoms with E-state index in [0.717, 1.165) is 0 Å². The lowest BCUT2D eigenvalue weighted by Crippen LogP contribution is -2.20. The summed E-state index contributed by atoms with van der Waals surface area (Å²) in [5, 5.41) is 11.5. The van der Waals surface area contributed by atoms with Crippen molar-refractivity contribution in [3.05, 3.63) is 29.0 Å². The van der Waals surface area contributed by atoms with Crippen LogP contribution in [-0.4, -0.2) is 17.1 Å². The van der Waals surface area contributed by atoms with E-state index in [0.29, 0.717) is 0 Å². The molecule has 1 aromatic rings. The SMILES string of the molecule is CC(CC(=O)O)Nc1c(F)cccc1Cl. The standard InChI is InChI=1S/C10H11ClFNO2/c1-6(5-9(14)15)13-10-7(11)3-2-4-8(10)12/h2-4,6,13H,5H2,1H3,(H,14,15). The number of nitrogens with one attached hydrogen (secondary N) is 1. The summed E-state index contributed by atoms with van der Waals surface area (Å²) >= 11 is 5.76. The van der Waals surface area contributed by atoms with E-state index in [1.165, 1.54) is 12.1 Å². The minimum atomic E-state index is -0.942. The first-order valence-corrected chi connectivity index (χ1v) is 4.81. The number of carboxylic acids is 1. The van der Waals surface area contributed by atoms with E-state index in [-0.39, 0.29) is 23.2 Å². The Morgan fingerprint density at radius 2 is 2.33 bits per heavy atom. The molecule has 0 fully saturated rings. The average molecular weight is 232 g/mol. The first kappa shape index (κ1) is 11.8. The Labute approximate surface area is 91.9 Å². The fraction of sp³-hybridized carbons (Fsp3) is 0.300. The van der Waals surface area contributed by atoms with Gasteiger partial charge in [0.25, 0.3) is 0 Å². The highest BCUT2D eigenvalue weighted by molar-refractivity contribution is 6.33. The highest BCUT2D eigenvalue weighted by Gasteiger charge is 2.12. The Morgan fingerprint density at radius 3 is 2.87 bits per heavy atom. The maximum absolute atomic E-state index is 13.3. The Morgan fingerprint density at radius 1 is 1.67 bits per heavy atom. The van der Waals surface area contributed by atoms with E-state index < -0.39 is 11.8 Å². The Balaban J connectivity index is 2.76. The van der Waals surface area contributed by atoms with Crippen LogP contribution in [0, 0.1) is 5.82 Å². The first-order valence-electron chi connectivity index (χ1n) is 4.43. The molecule has 0 heterocycles. The van der Waals surface area contributed by atoms with Crippen molar-refractivity contribution in [1.29, 1.82) is 0 Å². The summed E-state index contributed by atoms with van der Waals surface area (Å²) in [4.78, 5) is 10.4. The van der Waals surface area contributed by atoms with Crippen LogP contribution in [-0.2, 0) is 4.79 Å². The molecular formula is C10H11ClFNO2. The molecule has 5 heteroatoms. The summed E-state index contributed by atoms with van der Waals surface area (Å²) < 4.78 is 13.3. The molecule has 0 bridgehead atoms. The van der Waals surface area contributed by atoms with Crippen LogP contribution in [0.5, 0.6) is 0 Å². The van der Waals surface area contributed by atoms with Gasteiger partial charge < -0.3 is 10.4 Å². The van der Waals surface area contributed by atoms with Crippen LogP contribution in [0.2, 0.25) is 5.02 Å². The van der Waals surface area contributed by atoms with Gasteiger partial charge in [-0.05, 0) is 19.1 Å². The van der Waals surface area contributed by atoms with Crippen LogP contribution >= 0.6 is 11.6 Å². The van der Waals surface area contributed by atoms with Gasteiger partial charge in [0.2, 0.25) is 0 Å². The van der Waals surface area contributed by atoms with E-state index in [1.54, 1.807) is 13.0 Å². The molecule has 0 spiro atoms. The highest BCUT2D eigenvalue weighted by atomic mass is 35.5. The van der Waals surface area contributed by atoms with Gasteiger partial charge in [0.05, 0.1) is 17.1 Å². The summed E-state index contributed by atoms with van der Waals surface area (Å²) in [6.45, 7) is 1.65. The number of rotatable bonds is 4. The molecule has 0 aliphatic rings. The van der Waals surface area contributed by atoms with Gasteiger partial charge in [-0.2, -0.15) is 0 Å². The minimum absolute atomic E-state index is 0.0926. The number of para-hydroxylation sites is 1. The molecule has 3 nitrogen and oxygen atoms in total. The van der Waals surface area contributed by atoms with Crippen LogP contribution in [0.4, 0.5) is 10.1 Å². The zero-order chi connectivity index (χ0) is 11.4. The van der Waals surface area contributed by atoms with Crippen molar-refractivity contribution < 1.29 is 14.3 Å². The fourth-order valence-corrected chi connectivity index (χ4v) is 1.41. The summed E-state index contributed by atoms with van der Waals surface area (Å²) in [6.07, 6.45) is -0.0926. The second-order valence-corrected chi connectivity index (χ2v) is 3.65. The summed E-state index contributed by atoms with van der Waals surface area (Å²) in [5.41, 5.74) is 0.146. The van der Waals surface area contributed by atoms with Crippen LogP contribution in [0.1, 0.15) is 13.3 Å². The van der Waals surface area contributed by atoms with Gasteiger partial charge in [0, 0.05) is 6.04 Å². The van der Waals surface area contributed by atoms with Crippen molar-refractivity contribution in [2.45, 2.75) is 19.4 Å². The largest absolute Gasteiger partial charge is 0.481 e. The second-order valence-electron chi connectivity index (χ2n) is 3.24. The maximum atomic E-state index is 13.3. The van der Waals surface area contributed by atoms with Gasteiger partial charge >= 0.3 is 5.97 Å². The van der Waals surface area contributed by atoms with Gasteiger partial charge in [-0.15, -0.1) is 0 Å². The number of benzene rings is 1. The normalized spacial score (nSPS) is 12.2. The summed E-state index contributed by atoms with van der Waals surface area (Å²) in [6, 6.07) is 3.92. The average Bonchev–Trinajstić information content (AvgIpc) is 2.10. The Hall–Kier alpha value is -1.29. The molecule has 0 saturated heterocycles. The van der Waals surface area contributed by atoms with Gasteiger partial charge in [0.1, 0.15) is 5.82 Å². The van der Waals surface area contributed by atoms with Crippen LogP contribution in [0.25, 0.3) is 0 Å². The summed E-state index contributed by atoms with van der Waals surface area (Å²) in [5.74, 6) is -1.43. The van der Waals surface area contributed by atoms with Crippen molar-refractivity contribution in [2.75, 3.05) is 5.32 Å². The predicted octanol–water partition coefficient (Wildman–Crippen LogP) is 2.75. The van der Waals surface area contributed by atoms with Crippen LogP contribution in [0.3, 0.4) is 0 Å². The molecule has 1 atom stereocenters. The van der Waals surface area contributed by atoms with Gasteiger partial charge in [-0.1, -0.05) is 17.7 Å². The minimum Gasteiger partial charge on any atom is -0.481 e. The third-order valence-electron chi connectivity index (χ3n) is 1.83. The number of carboxylic acid groups (broad SMARTS) is 1. The van der Waals surface area contributed by atoms with E-state index in [2.05, 4.69) is 5.32 Å². The molecule has 0 aliphatic heterocycles. The van der Waals surface area contributed by atoms with Crippen molar-refractivity contribution in [3.63, 3.8) is 0 Å². The number of anilines is 1. The zero-order valence-corrected chi connectivity index (χ0v) is 8.88. The molecule has 0 saturated carbocycles. The number of halogens is 2. The van der Waals surface area contributed by atoms with Gasteiger partial charge in [-0.3, -0.25) is 4.79 Å². The molecular weight excluding hydrogens is 221 g/mol. The van der Waals surface area contributed by atoms with Crippen molar-refractivity contribution in [1.82, 2.24) is 0 Å².